The fourth-order valence-electron chi connectivity index (χ4n) is 1.80. The van der Waals surface area contributed by atoms with Gasteiger partial charge in [0.15, 0.2) is 0 Å². The number of hydrogen-bond donors (Lipinski definition) is 2. The average Bonchev–Trinajstić information content (AvgIpc) is 2.06. The van der Waals surface area contributed by atoms with E-state index in [0.717, 1.165) is 17.7 Å². The molecule has 1 aliphatic rings. The monoisotopic (exact) mass is 180 g/mol. The van der Waals surface area contributed by atoms with E-state index in [1.807, 2.05) is 0 Å². The quantitative estimate of drug-likeness (QED) is 0.641. The number of fused-ring (bicyclic) bond motifs is 1. The lowest BCUT2D eigenvalue weighted by atomic mass is 9.94. The van der Waals surface area contributed by atoms with Gasteiger partial charge in [0, 0.05) is 17.8 Å². The van der Waals surface area contributed by atoms with Crippen molar-refractivity contribution in [1.29, 1.82) is 0 Å². The van der Waals surface area contributed by atoms with Gasteiger partial charge in [0.2, 0.25) is 0 Å². The summed E-state index contributed by atoms with van der Waals surface area (Å²) < 4.78 is 12.9. The molecule has 1 aromatic rings. The highest BCUT2D eigenvalue weighted by atomic mass is 19.1. The van der Waals surface area contributed by atoms with Gasteiger partial charge >= 0.3 is 0 Å². The Morgan fingerprint density at radius 2 is 2.31 bits per heavy atom. The number of nitrogens with one attached hydrogen (secondary N) is 1. The predicted molar refractivity (Wildman–Crippen MR) is 51.0 cm³/mol. The number of halogens is 1. The van der Waals surface area contributed by atoms with Crippen molar-refractivity contribution < 1.29 is 4.39 Å². The van der Waals surface area contributed by atoms with Gasteiger partial charge in [-0.3, -0.25) is 0 Å². The third-order valence-corrected chi connectivity index (χ3v) is 2.42. The van der Waals surface area contributed by atoms with Gasteiger partial charge < -0.3 is 11.1 Å². The molecule has 3 heteroatoms. The molecule has 0 saturated heterocycles. The van der Waals surface area contributed by atoms with E-state index in [1.54, 1.807) is 6.07 Å². The Hall–Kier alpha value is -1.09. The van der Waals surface area contributed by atoms with Crippen LogP contribution in [0.1, 0.15) is 24.9 Å². The molecule has 3 N–H and O–H groups in total. The van der Waals surface area contributed by atoms with Gasteiger partial charge in [0.1, 0.15) is 5.82 Å². The van der Waals surface area contributed by atoms with E-state index in [9.17, 15) is 4.39 Å². The zero-order chi connectivity index (χ0) is 9.42. The lowest BCUT2D eigenvalue weighted by molar-refractivity contribution is 0.560. The van der Waals surface area contributed by atoms with Crippen LogP contribution in [0.25, 0.3) is 0 Å². The van der Waals surface area contributed by atoms with Gasteiger partial charge in [-0.1, -0.05) is 0 Å². The third kappa shape index (κ3) is 1.52. The third-order valence-electron chi connectivity index (χ3n) is 2.42. The zero-order valence-corrected chi connectivity index (χ0v) is 7.55. The van der Waals surface area contributed by atoms with E-state index in [1.165, 1.54) is 12.1 Å². The van der Waals surface area contributed by atoms with E-state index in [2.05, 4.69) is 12.2 Å². The SMILES string of the molecule is CC1CC(N)c2cc(F)ccc2N1. The van der Waals surface area contributed by atoms with Crippen molar-refractivity contribution in [3.05, 3.63) is 29.6 Å². The Balaban J connectivity index is 2.43. The summed E-state index contributed by atoms with van der Waals surface area (Å²) in [5, 5.41) is 3.27. The van der Waals surface area contributed by atoms with E-state index in [4.69, 9.17) is 5.73 Å². The first-order valence-corrected chi connectivity index (χ1v) is 4.48. The predicted octanol–water partition coefficient (Wildman–Crippen LogP) is 2.03. The molecule has 0 bridgehead atoms. The van der Waals surface area contributed by atoms with E-state index in [-0.39, 0.29) is 11.9 Å². The molecule has 70 valence electrons. The van der Waals surface area contributed by atoms with Gasteiger partial charge in [0.05, 0.1) is 0 Å². The molecule has 2 nitrogen and oxygen atoms in total. The van der Waals surface area contributed by atoms with Gasteiger partial charge in [-0.2, -0.15) is 0 Å². The van der Waals surface area contributed by atoms with Gasteiger partial charge in [-0.05, 0) is 37.1 Å². The molecule has 0 spiro atoms. The minimum atomic E-state index is -0.217. The molecule has 0 amide bonds. The number of nitrogens with two attached hydrogens (primary N) is 1. The molecule has 0 radical (unpaired) electrons. The highest BCUT2D eigenvalue weighted by Crippen LogP contribution is 2.31. The first kappa shape index (κ1) is 8.51. The summed E-state index contributed by atoms with van der Waals surface area (Å²) in [6, 6.07) is 5.05. The lowest BCUT2D eigenvalue weighted by Crippen LogP contribution is -2.29. The van der Waals surface area contributed by atoms with Crippen LogP contribution >= 0.6 is 0 Å². The van der Waals surface area contributed by atoms with Crippen LogP contribution in [0.15, 0.2) is 18.2 Å². The van der Waals surface area contributed by atoms with Crippen molar-refractivity contribution in [2.75, 3.05) is 5.32 Å². The maximum atomic E-state index is 12.9. The summed E-state index contributed by atoms with van der Waals surface area (Å²) in [5.74, 6) is -0.217. The van der Waals surface area contributed by atoms with Crippen LogP contribution in [0.4, 0.5) is 10.1 Å². The van der Waals surface area contributed by atoms with E-state index >= 15 is 0 Å². The molecule has 0 aromatic heterocycles. The number of rotatable bonds is 0. The number of anilines is 1. The molecule has 1 heterocycles. The van der Waals surface area contributed by atoms with Crippen molar-refractivity contribution >= 4 is 5.69 Å². The van der Waals surface area contributed by atoms with Crippen molar-refractivity contribution in [3.8, 4) is 0 Å². The molecule has 0 aliphatic carbocycles. The Kier molecular flexibility index (Phi) is 1.96. The second kappa shape index (κ2) is 3.00. The van der Waals surface area contributed by atoms with Crippen LogP contribution in [-0.2, 0) is 0 Å². The van der Waals surface area contributed by atoms with Gasteiger partial charge in [-0.25, -0.2) is 4.39 Å². The molecule has 0 fully saturated rings. The summed E-state index contributed by atoms with van der Waals surface area (Å²) in [6.07, 6.45) is 0.858. The summed E-state index contributed by atoms with van der Waals surface area (Å²) in [5.41, 5.74) is 7.75. The Morgan fingerprint density at radius 1 is 1.54 bits per heavy atom. The van der Waals surface area contributed by atoms with Crippen molar-refractivity contribution in [3.63, 3.8) is 0 Å². The molecular weight excluding hydrogens is 167 g/mol. The summed E-state index contributed by atoms with van der Waals surface area (Å²) in [6.45, 7) is 2.08. The second-order valence-electron chi connectivity index (χ2n) is 3.62. The average molecular weight is 180 g/mol. The highest BCUT2D eigenvalue weighted by Gasteiger charge is 2.21. The summed E-state index contributed by atoms with van der Waals surface area (Å²) in [7, 11) is 0. The van der Waals surface area contributed by atoms with Crippen molar-refractivity contribution in [2.45, 2.75) is 25.4 Å². The van der Waals surface area contributed by atoms with Crippen LogP contribution in [0.5, 0.6) is 0 Å². The first-order valence-electron chi connectivity index (χ1n) is 4.48. The summed E-state index contributed by atoms with van der Waals surface area (Å²) >= 11 is 0. The fourth-order valence-corrected chi connectivity index (χ4v) is 1.80. The zero-order valence-electron chi connectivity index (χ0n) is 7.55. The van der Waals surface area contributed by atoms with Crippen LogP contribution in [0.3, 0.4) is 0 Å². The Bertz CT molecular complexity index is 325. The standard InChI is InChI=1S/C10H13FN2/c1-6-4-9(12)8-5-7(11)2-3-10(8)13-6/h2-3,5-6,9,13H,4,12H2,1H3. The molecular formula is C10H13FN2. The summed E-state index contributed by atoms with van der Waals surface area (Å²) in [4.78, 5) is 0. The van der Waals surface area contributed by atoms with E-state index < -0.39 is 0 Å². The minimum Gasteiger partial charge on any atom is -0.382 e. The van der Waals surface area contributed by atoms with Crippen molar-refractivity contribution in [1.82, 2.24) is 0 Å². The molecule has 1 aliphatic heterocycles. The molecule has 2 atom stereocenters. The lowest BCUT2D eigenvalue weighted by Gasteiger charge is -2.28. The first-order chi connectivity index (χ1) is 6.16. The second-order valence-corrected chi connectivity index (χ2v) is 3.62. The maximum Gasteiger partial charge on any atom is 0.123 e. The fraction of sp³-hybridized carbons (Fsp3) is 0.400. The van der Waals surface area contributed by atoms with Crippen molar-refractivity contribution in [2.24, 2.45) is 5.73 Å². The maximum absolute atomic E-state index is 12.9. The molecule has 13 heavy (non-hydrogen) atoms. The topological polar surface area (TPSA) is 38.0 Å². The van der Waals surface area contributed by atoms with Crippen LogP contribution in [-0.4, -0.2) is 6.04 Å². The largest absolute Gasteiger partial charge is 0.382 e. The smallest absolute Gasteiger partial charge is 0.123 e. The Morgan fingerprint density at radius 3 is 3.08 bits per heavy atom. The van der Waals surface area contributed by atoms with Gasteiger partial charge in [-0.15, -0.1) is 0 Å². The van der Waals surface area contributed by atoms with Gasteiger partial charge in [0.25, 0.3) is 0 Å². The Labute approximate surface area is 76.9 Å². The highest BCUT2D eigenvalue weighted by molar-refractivity contribution is 5.55. The molecule has 2 rings (SSSR count). The van der Waals surface area contributed by atoms with E-state index in [0.29, 0.717) is 6.04 Å². The molecule has 1 aromatic carbocycles. The minimum absolute atomic E-state index is 0.0399. The number of benzene rings is 1. The van der Waals surface area contributed by atoms with Crippen LogP contribution in [0, 0.1) is 5.82 Å². The van der Waals surface area contributed by atoms with Crippen LogP contribution < -0.4 is 11.1 Å². The molecule has 2 unspecified atom stereocenters. The molecule has 0 saturated carbocycles. The van der Waals surface area contributed by atoms with Crippen LogP contribution in [0.2, 0.25) is 0 Å². The number of hydrogen-bond acceptors (Lipinski definition) is 2. The normalized spacial score (nSPS) is 26.4.